The van der Waals surface area contributed by atoms with E-state index in [2.05, 4.69) is 43.1 Å². The number of benzene rings is 1. The number of hydrogen-bond acceptors (Lipinski definition) is 3. The van der Waals surface area contributed by atoms with E-state index in [0.29, 0.717) is 18.6 Å². The summed E-state index contributed by atoms with van der Waals surface area (Å²) in [5.74, 6) is 0.946. The van der Waals surface area contributed by atoms with Gasteiger partial charge in [-0.3, -0.25) is 9.69 Å². The van der Waals surface area contributed by atoms with E-state index in [4.69, 9.17) is 4.74 Å². The molecule has 25 heavy (non-hydrogen) atoms. The molecular formula is C21H30N2O2. The predicted molar refractivity (Wildman–Crippen MR) is 98.7 cm³/mol. The molecule has 1 aromatic rings. The van der Waals surface area contributed by atoms with Crippen LogP contribution in [0.5, 0.6) is 0 Å². The zero-order chi connectivity index (χ0) is 17.6. The van der Waals surface area contributed by atoms with Crippen LogP contribution in [0.15, 0.2) is 12.1 Å². The average molecular weight is 342 g/mol. The topological polar surface area (TPSA) is 41.6 Å². The Hall–Kier alpha value is -1.39. The SMILES string of the molecule is Cc1cc(C)c(CC(=O)N[C@@H]2C[C@H]3CO[C@H](C4CC4)CN3C2)c(C)c1. The number of ether oxygens (including phenoxy) is 1. The first-order valence-corrected chi connectivity index (χ1v) is 9.71. The van der Waals surface area contributed by atoms with Gasteiger partial charge in [0.05, 0.1) is 19.1 Å². The summed E-state index contributed by atoms with van der Waals surface area (Å²) in [6.45, 7) is 9.19. The van der Waals surface area contributed by atoms with Gasteiger partial charge in [0.25, 0.3) is 0 Å². The molecule has 2 heterocycles. The van der Waals surface area contributed by atoms with Crippen molar-refractivity contribution in [1.29, 1.82) is 0 Å². The van der Waals surface area contributed by atoms with Gasteiger partial charge in [0, 0.05) is 25.2 Å². The van der Waals surface area contributed by atoms with Crippen molar-refractivity contribution in [3.8, 4) is 0 Å². The lowest BCUT2D eigenvalue weighted by molar-refractivity contribution is -0.121. The minimum absolute atomic E-state index is 0.152. The van der Waals surface area contributed by atoms with E-state index in [0.717, 1.165) is 32.0 Å². The number of fused-ring (bicyclic) bond motifs is 1. The summed E-state index contributed by atoms with van der Waals surface area (Å²) in [5.41, 5.74) is 4.88. The zero-order valence-corrected chi connectivity index (χ0v) is 15.7. The first kappa shape index (κ1) is 17.0. The van der Waals surface area contributed by atoms with Crippen LogP contribution in [0.25, 0.3) is 0 Å². The third-order valence-electron chi connectivity index (χ3n) is 6.14. The molecule has 0 spiro atoms. The number of hydrogen-bond donors (Lipinski definition) is 1. The summed E-state index contributed by atoms with van der Waals surface area (Å²) in [5, 5.41) is 3.28. The van der Waals surface area contributed by atoms with Gasteiger partial charge in [0.2, 0.25) is 5.91 Å². The van der Waals surface area contributed by atoms with Crippen LogP contribution in [0, 0.1) is 26.7 Å². The molecule has 3 fully saturated rings. The fourth-order valence-electron chi connectivity index (χ4n) is 4.69. The van der Waals surface area contributed by atoms with Gasteiger partial charge in [0.1, 0.15) is 0 Å². The lowest BCUT2D eigenvalue weighted by atomic mass is 9.97. The first-order chi connectivity index (χ1) is 12.0. The Kier molecular flexibility index (Phi) is 4.59. The lowest BCUT2D eigenvalue weighted by Gasteiger charge is -2.35. The predicted octanol–water partition coefficient (Wildman–Crippen LogP) is 2.52. The van der Waals surface area contributed by atoms with Crippen LogP contribution in [-0.4, -0.2) is 48.7 Å². The fourth-order valence-corrected chi connectivity index (χ4v) is 4.69. The molecule has 4 nitrogen and oxygen atoms in total. The standard InChI is InChI=1S/C21H30N2O2/c1-13-6-14(2)19(15(3)7-13)9-21(24)22-17-8-18-12-25-20(16-4-5-16)11-23(18)10-17/h6-7,16-18,20H,4-5,8-12H2,1-3H3,(H,22,24)/t17-,18+,20+/m1/s1. The Bertz CT molecular complexity index is 645. The molecule has 1 aromatic carbocycles. The van der Waals surface area contributed by atoms with Crippen molar-refractivity contribution in [2.24, 2.45) is 5.92 Å². The largest absolute Gasteiger partial charge is 0.375 e. The Balaban J connectivity index is 1.33. The second-order valence-corrected chi connectivity index (χ2v) is 8.37. The highest BCUT2D eigenvalue weighted by atomic mass is 16.5. The fraction of sp³-hybridized carbons (Fsp3) is 0.667. The molecule has 0 aromatic heterocycles. The highest BCUT2D eigenvalue weighted by Crippen LogP contribution is 2.37. The number of nitrogens with one attached hydrogen (secondary N) is 1. The first-order valence-electron chi connectivity index (χ1n) is 9.71. The highest BCUT2D eigenvalue weighted by Gasteiger charge is 2.42. The van der Waals surface area contributed by atoms with E-state index < -0.39 is 0 Å². The molecular weight excluding hydrogens is 312 g/mol. The van der Waals surface area contributed by atoms with Crippen LogP contribution >= 0.6 is 0 Å². The van der Waals surface area contributed by atoms with Gasteiger partial charge in [-0.1, -0.05) is 17.7 Å². The van der Waals surface area contributed by atoms with Crippen molar-refractivity contribution in [1.82, 2.24) is 10.2 Å². The third-order valence-corrected chi connectivity index (χ3v) is 6.14. The minimum Gasteiger partial charge on any atom is -0.375 e. The molecule has 1 amide bonds. The summed E-state index contributed by atoms with van der Waals surface area (Å²) >= 11 is 0. The van der Waals surface area contributed by atoms with Crippen molar-refractivity contribution < 1.29 is 9.53 Å². The molecule has 2 aliphatic heterocycles. The van der Waals surface area contributed by atoms with Crippen LogP contribution in [0.1, 0.15) is 41.5 Å². The highest BCUT2D eigenvalue weighted by molar-refractivity contribution is 5.79. The normalized spacial score (nSPS) is 29.5. The molecule has 4 heteroatoms. The van der Waals surface area contributed by atoms with E-state index in [9.17, 15) is 4.79 Å². The van der Waals surface area contributed by atoms with Gasteiger partial charge >= 0.3 is 0 Å². The Morgan fingerprint density at radius 1 is 1.20 bits per heavy atom. The van der Waals surface area contributed by atoms with Crippen molar-refractivity contribution in [2.75, 3.05) is 19.7 Å². The Morgan fingerprint density at radius 2 is 1.92 bits per heavy atom. The summed E-state index contributed by atoms with van der Waals surface area (Å²) in [6.07, 6.45) is 4.61. The second kappa shape index (κ2) is 6.73. The summed E-state index contributed by atoms with van der Waals surface area (Å²) < 4.78 is 6.05. The monoisotopic (exact) mass is 342 g/mol. The molecule has 0 bridgehead atoms. The number of carbonyl (C=O) groups excluding carboxylic acids is 1. The summed E-state index contributed by atoms with van der Waals surface area (Å²) in [7, 11) is 0. The van der Waals surface area contributed by atoms with Crippen molar-refractivity contribution in [2.45, 2.75) is 64.6 Å². The van der Waals surface area contributed by atoms with Crippen molar-refractivity contribution in [3.05, 3.63) is 34.4 Å². The Labute approximate surface area is 150 Å². The van der Waals surface area contributed by atoms with Gasteiger partial charge < -0.3 is 10.1 Å². The molecule has 3 atom stereocenters. The summed E-state index contributed by atoms with van der Waals surface area (Å²) in [6, 6.07) is 5.09. The maximum absolute atomic E-state index is 12.6. The van der Waals surface area contributed by atoms with Crippen LogP contribution in [0.2, 0.25) is 0 Å². The lowest BCUT2D eigenvalue weighted by Crippen LogP contribution is -2.47. The second-order valence-electron chi connectivity index (χ2n) is 8.37. The summed E-state index contributed by atoms with van der Waals surface area (Å²) in [4.78, 5) is 15.1. The number of amides is 1. The number of carbonyl (C=O) groups is 1. The quantitative estimate of drug-likeness (QED) is 0.914. The van der Waals surface area contributed by atoms with Crippen molar-refractivity contribution in [3.63, 3.8) is 0 Å². The van der Waals surface area contributed by atoms with Crippen LogP contribution in [-0.2, 0) is 16.0 Å². The van der Waals surface area contributed by atoms with Gasteiger partial charge in [0.15, 0.2) is 0 Å². The van der Waals surface area contributed by atoms with E-state index in [1.807, 2.05) is 0 Å². The van der Waals surface area contributed by atoms with Gasteiger partial charge in [-0.15, -0.1) is 0 Å². The molecule has 3 aliphatic rings. The average Bonchev–Trinajstić information content (AvgIpc) is 3.31. The third kappa shape index (κ3) is 3.75. The van der Waals surface area contributed by atoms with E-state index in [1.165, 1.54) is 35.1 Å². The van der Waals surface area contributed by atoms with Crippen LogP contribution in [0.3, 0.4) is 0 Å². The minimum atomic E-state index is 0.152. The maximum Gasteiger partial charge on any atom is 0.224 e. The van der Waals surface area contributed by atoms with E-state index in [1.54, 1.807) is 0 Å². The zero-order valence-electron chi connectivity index (χ0n) is 15.7. The number of nitrogens with zero attached hydrogens (tertiary/aromatic N) is 1. The van der Waals surface area contributed by atoms with Crippen LogP contribution < -0.4 is 5.32 Å². The number of rotatable bonds is 4. The Morgan fingerprint density at radius 3 is 2.60 bits per heavy atom. The number of morpholine rings is 1. The van der Waals surface area contributed by atoms with Crippen LogP contribution in [0.4, 0.5) is 0 Å². The number of aryl methyl sites for hydroxylation is 3. The molecule has 1 aliphatic carbocycles. The van der Waals surface area contributed by atoms with Gasteiger partial charge in [-0.05, 0) is 62.6 Å². The van der Waals surface area contributed by atoms with E-state index in [-0.39, 0.29) is 11.9 Å². The molecule has 1 saturated carbocycles. The molecule has 136 valence electrons. The van der Waals surface area contributed by atoms with Crippen molar-refractivity contribution >= 4 is 5.91 Å². The molecule has 0 unspecified atom stereocenters. The van der Waals surface area contributed by atoms with Gasteiger partial charge in [-0.2, -0.15) is 0 Å². The maximum atomic E-state index is 12.6. The smallest absolute Gasteiger partial charge is 0.224 e. The van der Waals surface area contributed by atoms with Gasteiger partial charge in [-0.25, -0.2) is 0 Å². The molecule has 2 saturated heterocycles. The van der Waals surface area contributed by atoms with E-state index >= 15 is 0 Å². The molecule has 0 radical (unpaired) electrons. The molecule has 1 N–H and O–H groups in total. The molecule has 4 rings (SSSR count).